The number of alkyl halides is 3. The number of aryl methyl sites for hydroxylation is 1. The maximum absolute atomic E-state index is 14.4. The largest absolute Gasteiger partial charge is 0.458 e. The highest BCUT2D eigenvalue weighted by molar-refractivity contribution is 6.33. The first-order valence-electron chi connectivity index (χ1n) is 7.44. The Labute approximate surface area is 151 Å². The van der Waals surface area contributed by atoms with Crippen molar-refractivity contribution in [3.05, 3.63) is 70.2 Å². The van der Waals surface area contributed by atoms with Crippen molar-refractivity contribution in [1.82, 2.24) is 0 Å². The zero-order valence-corrected chi connectivity index (χ0v) is 14.1. The fourth-order valence-corrected chi connectivity index (χ4v) is 2.94. The van der Waals surface area contributed by atoms with Crippen molar-refractivity contribution < 1.29 is 22.0 Å². The molecular weight excluding hydrogens is 371 g/mol. The van der Waals surface area contributed by atoms with Crippen molar-refractivity contribution >= 4 is 22.4 Å². The molecule has 0 unspecified atom stereocenters. The molecule has 0 atom stereocenters. The van der Waals surface area contributed by atoms with Gasteiger partial charge in [0.1, 0.15) is 11.6 Å². The zero-order chi connectivity index (χ0) is 19.1. The van der Waals surface area contributed by atoms with Crippen LogP contribution in [0.3, 0.4) is 0 Å². The molecule has 132 valence electrons. The molecule has 0 spiro atoms. The van der Waals surface area contributed by atoms with Gasteiger partial charge < -0.3 is 0 Å². The van der Waals surface area contributed by atoms with E-state index in [1.54, 1.807) is 18.2 Å². The molecule has 0 aromatic heterocycles. The Morgan fingerprint density at radius 1 is 0.962 bits per heavy atom. The highest BCUT2D eigenvalue weighted by Crippen LogP contribution is 2.33. The summed E-state index contributed by atoms with van der Waals surface area (Å²) in [5.41, 5.74) is 1.37. The first kappa shape index (κ1) is 18.2. The van der Waals surface area contributed by atoms with Crippen molar-refractivity contribution in [3.63, 3.8) is 0 Å². The zero-order valence-electron chi connectivity index (χ0n) is 13.3. The molecule has 0 heterocycles. The molecule has 0 aliphatic rings. The normalized spacial score (nSPS) is 11.3. The summed E-state index contributed by atoms with van der Waals surface area (Å²) < 4.78 is 65.1. The third-order valence-corrected chi connectivity index (χ3v) is 4.11. The molecule has 3 aromatic carbocycles. The van der Waals surface area contributed by atoms with E-state index in [1.165, 1.54) is 18.1 Å². The van der Waals surface area contributed by atoms with Crippen LogP contribution in [0, 0.1) is 30.4 Å². The van der Waals surface area contributed by atoms with E-state index in [-0.39, 0.29) is 10.8 Å². The molecule has 0 bridgehead atoms. The Hall–Kier alpha value is -2.58. The molecule has 0 nitrogen and oxygen atoms in total. The van der Waals surface area contributed by atoms with Crippen molar-refractivity contribution in [2.45, 2.75) is 13.1 Å². The molecule has 0 aliphatic heterocycles. The number of halogens is 6. The number of benzene rings is 3. The Bertz CT molecular complexity index is 1070. The molecule has 0 radical (unpaired) electrons. The van der Waals surface area contributed by atoms with Gasteiger partial charge in [0.25, 0.3) is 0 Å². The van der Waals surface area contributed by atoms with Crippen molar-refractivity contribution in [2.75, 3.05) is 0 Å². The molecule has 3 rings (SSSR count). The van der Waals surface area contributed by atoms with E-state index in [9.17, 15) is 22.0 Å². The molecule has 0 fully saturated rings. The third-order valence-electron chi connectivity index (χ3n) is 3.79. The van der Waals surface area contributed by atoms with Gasteiger partial charge in [0.2, 0.25) is 0 Å². The topological polar surface area (TPSA) is 0 Å². The summed E-state index contributed by atoms with van der Waals surface area (Å²) in [6.07, 6.45) is -4.83. The highest BCUT2D eigenvalue weighted by Gasteiger charge is 2.24. The Morgan fingerprint density at radius 2 is 1.69 bits per heavy atom. The quantitative estimate of drug-likeness (QED) is 0.327. The predicted octanol–water partition coefficient (Wildman–Crippen LogP) is 6.66. The van der Waals surface area contributed by atoms with Gasteiger partial charge >= 0.3 is 6.18 Å². The minimum atomic E-state index is -4.83. The second-order valence-electron chi connectivity index (χ2n) is 5.71. The Balaban J connectivity index is 2.16. The van der Waals surface area contributed by atoms with Crippen LogP contribution >= 0.6 is 11.6 Å². The lowest BCUT2D eigenvalue weighted by Crippen LogP contribution is -2.02. The second-order valence-corrected chi connectivity index (χ2v) is 6.12. The maximum atomic E-state index is 14.4. The van der Waals surface area contributed by atoms with Gasteiger partial charge in [-0.1, -0.05) is 41.8 Å². The van der Waals surface area contributed by atoms with Gasteiger partial charge in [0, 0.05) is 21.9 Å². The summed E-state index contributed by atoms with van der Waals surface area (Å²) in [6, 6.07) is 10.8. The van der Waals surface area contributed by atoms with Crippen LogP contribution in [0.2, 0.25) is 5.02 Å². The van der Waals surface area contributed by atoms with E-state index in [1.807, 2.05) is 13.0 Å². The van der Waals surface area contributed by atoms with Crippen LogP contribution in [0.5, 0.6) is 0 Å². The summed E-state index contributed by atoms with van der Waals surface area (Å²) in [5, 5.41) is 0.662. The molecule has 26 heavy (non-hydrogen) atoms. The predicted molar refractivity (Wildman–Crippen MR) is 92.0 cm³/mol. The van der Waals surface area contributed by atoms with Crippen LogP contribution in [-0.4, -0.2) is 6.18 Å². The van der Waals surface area contributed by atoms with E-state index < -0.39 is 23.4 Å². The fourth-order valence-electron chi connectivity index (χ4n) is 2.60. The van der Waals surface area contributed by atoms with Gasteiger partial charge in [-0.15, -0.1) is 0 Å². The van der Waals surface area contributed by atoms with Crippen LogP contribution < -0.4 is 0 Å². The van der Waals surface area contributed by atoms with E-state index >= 15 is 0 Å². The van der Waals surface area contributed by atoms with E-state index in [0.29, 0.717) is 16.1 Å². The van der Waals surface area contributed by atoms with Crippen LogP contribution in [0.15, 0.2) is 42.5 Å². The maximum Gasteiger partial charge on any atom is 0.458 e. The summed E-state index contributed by atoms with van der Waals surface area (Å²) in [7, 11) is 0. The molecule has 0 saturated carbocycles. The highest BCUT2D eigenvalue weighted by atomic mass is 35.5. The number of fused-ring (bicyclic) bond motifs is 1. The molecule has 6 heteroatoms. The average molecular weight is 381 g/mol. The lowest BCUT2D eigenvalue weighted by molar-refractivity contribution is -0.0696. The standard InChI is InChI=1S/C20H10ClF5/c1-11-2-4-14(17(21)8-11)12-3-5-15-13(9-12)10-18(22)16(19(15)23)6-7-20(24,25)26/h2-5,8-10H,1H3. The van der Waals surface area contributed by atoms with Gasteiger partial charge in [0.05, 0.1) is 5.56 Å². The van der Waals surface area contributed by atoms with Crippen molar-refractivity contribution in [2.24, 2.45) is 0 Å². The summed E-state index contributed by atoms with van der Waals surface area (Å²) >= 11 is 6.21. The van der Waals surface area contributed by atoms with Crippen LogP contribution in [-0.2, 0) is 0 Å². The summed E-state index contributed by atoms with van der Waals surface area (Å²) in [4.78, 5) is 0. The van der Waals surface area contributed by atoms with Crippen LogP contribution in [0.25, 0.3) is 21.9 Å². The first-order chi connectivity index (χ1) is 12.2. The van der Waals surface area contributed by atoms with Gasteiger partial charge in [-0.05, 0) is 41.6 Å². The van der Waals surface area contributed by atoms with Gasteiger partial charge in [-0.3, -0.25) is 0 Å². The molecular formula is C20H10ClF5. The van der Waals surface area contributed by atoms with Gasteiger partial charge in [0.15, 0.2) is 0 Å². The van der Waals surface area contributed by atoms with Crippen LogP contribution in [0.4, 0.5) is 22.0 Å². The Morgan fingerprint density at radius 3 is 2.35 bits per heavy atom. The fraction of sp³-hybridized carbons (Fsp3) is 0.100. The van der Waals surface area contributed by atoms with E-state index in [4.69, 9.17) is 11.6 Å². The summed E-state index contributed by atoms with van der Waals surface area (Å²) in [5.74, 6) is 0.136. The van der Waals surface area contributed by atoms with Crippen molar-refractivity contribution in [3.8, 4) is 23.0 Å². The van der Waals surface area contributed by atoms with E-state index in [2.05, 4.69) is 0 Å². The molecule has 3 aromatic rings. The van der Waals surface area contributed by atoms with E-state index in [0.717, 1.165) is 17.6 Å². The third kappa shape index (κ3) is 3.66. The lowest BCUT2D eigenvalue weighted by Gasteiger charge is -2.09. The lowest BCUT2D eigenvalue weighted by atomic mass is 9.98. The monoisotopic (exact) mass is 380 g/mol. The second kappa shape index (κ2) is 6.62. The average Bonchev–Trinajstić information content (AvgIpc) is 2.53. The molecule has 0 saturated heterocycles. The van der Waals surface area contributed by atoms with Crippen LogP contribution in [0.1, 0.15) is 11.1 Å². The summed E-state index contributed by atoms with van der Waals surface area (Å²) in [6.45, 7) is 1.88. The SMILES string of the molecule is Cc1ccc(-c2ccc3c(F)c(C#CC(F)(F)F)c(F)cc3c2)c(Cl)c1. The molecule has 0 aliphatic carbocycles. The molecule has 0 amide bonds. The smallest absolute Gasteiger partial charge is 0.205 e. The minimum Gasteiger partial charge on any atom is -0.205 e. The Kier molecular flexibility index (Phi) is 4.64. The minimum absolute atomic E-state index is 0.0233. The first-order valence-corrected chi connectivity index (χ1v) is 7.82. The molecule has 0 N–H and O–H groups in total. The number of rotatable bonds is 1. The van der Waals surface area contributed by atoms with Crippen molar-refractivity contribution in [1.29, 1.82) is 0 Å². The van der Waals surface area contributed by atoms with Gasteiger partial charge in [-0.2, -0.15) is 13.2 Å². The van der Waals surface area contributed by atoms with Gasteiger partial charge in [-0.25, -0.2) is 8.78 Å². The number of hydrogen-bond donors (Lipinski definition) is 0. The number of hydrogen-bond acceptors (Lipinski definition) is 0.